The van der Waals surface area contributed by atoms with Crippen LogP contribution in [0.3, 0.4) is 0 Å². The van der Waals surface area contributed by atoms with Gasteiger partial charge in [0.15, 0.2) is 0 Å². The van der Waals surface area contributed by atoms with Gasteiger partial charge in [0, 0.05) is 36.6 Å². The Morgan fingerprint density at radius 1 is 1.00 bits per heavy atom. The summed E-state index contributed by atoms with van der Waals surface area (Å²) in [4.78, 5) is 12.5. The molecule has 0 saturated heterocycles. The Morgan fingerprint density at radius 2 is 1.68 bits per heavy atom. The summed E-state index contributed by atoms with van der Waals surface area (Å²) >= 11 is 0. The average molecular weight is 371 g/mol. The summed E-state index contributed by atoms with van der Waals surface area (Å²) < 4.78 is 3.53. The zero-order valence-electron chi connectivity index (χ0n) is 15.8. The number of aromatic nitrogens is 4. The van der Waals surface area contributed by atoms with Gasteiger partial charge in [0.1, 0.15) is 5.69 Å². The molecule has 2 heterocycles. The summed E-state index contributed by atoms with van der Waals surface area (Å²) in [5, 5.41) is 12.0. The molecule has 0 aliphatic carbocycles. The minimum Gasteiger partial charge on any atom is -0.346 e. The second kappa shape index (κ2) is 7.52. The largest absolute Gasteiger partial charge is 0.346 e. The predicted octanol–water partition coefficient (Wildman–Crippen LogP) is 3.51. The van der Waals surface area contributed by atoms with Gasteiger partial charge in [0.2, 0.25) is 0 Å². The van der Waals surface area contributed by atoms with Gasteiger partial charge in [-0.15, -0.1) is 0 Å². The Kier molecular flexibility index (Phi) is 4.76. The summed E-state index contributed by atoms with van der Waals surface area (Å²) in [6.07, 6.45) is 1.96. The van der Waals surface area contributed by atoms with Gasteiger partial charge in [-0.3, -0.25) is 9.48 Å². The number of nitrogens with zero attached hydrogens (tertiary/aromatic N) is 4. The first-order valence-electron chi connectivity index (χ1n) is 9.10. The number of rotatable bonds is 5. The van der Waals surface area contributed by atoms with E-state index in [-0.39, 0.29) is 5.91 Å². The summed E-state index contributed by atoms with van der Waals surface area (Å²) in [6.45, 7) is 2.28. The zero-order chi connectivity index (χ0) is 19.5. The molecule has 2 aromatic heterocycles. The Morgan fingerprint density at radius 3 is 2.32 bits per heavy atom. The molecule has 2 aromatic carbocycles. The smallest absolute Gasteiger partial charge is 0.272 e. The van der Waals surface area contributed by atoms with Gasteiger partial charge in [-0.1, -0.05) is 48.5 Å². The molecular weight excluding hydrogens is 350 g/mol. The number of carbonyl (C=O) groups excluding carboxylic acids is 1. The summed E-state index contributed by atoms with van der Waals surface area (Å²) in [6, 6.07) is 21.7. The number of para-hydroxylation sites is 1. The van der Waals surface area contributed by atoms with Crippen LogP contribution in [0.25, 0.3) is 16.9 Å². The monoisotopic (exact) mass is 371 g/mol. The van der Waals surface area contributed by atoms with Crippen LogP contribution in [0, 0.1) is 6.92 Å². The third-order valence-electron chi connectivity index (χ3n) is 4.64. The van der Waals surface area contributed by atoms with Crippen LogP contribution in [0.15, 0.2) is 72.9 Å². The number of hydrogen-bond donors (Lipinski definition) is 1. The van der Waals surface area contributed by atoms with Crippen molar-refractivity contribution in [2.75, 3.05) is 0 Å². The number of hydrogen-bond acceptors (Lipinski definition) is 3. The van der Waals surface area contributed by atoms with Gasteiger partial charge in [-0.2, -0.15) is 10.2 Å². The highest BCUT2D eigenvalue weighted by molar-refractivity contribution is 5.92. The van der Waals surface area contributed by atoms with E-state index in [1.54, 1.807) is 10.7 Å². The van der Waals surface area contributed by atoms with Crippen LogP contribution in [0.5, 0.6) is 0 Å². The van der Waals surface area contributed by atoms with Gasteiger partial charge in [0.05, 0.1) is 11.4 Å². The molecule has 4 rings (SSSR count). The number of carbonyl (C=O) groups is 1. The quantitative estimate of drug-likeness (QED) is 0.584. The van der Waals surface area contributed by atoms with E-state index in [9.17, 15) is 4.79 Å². The predicted molar refractivity (Wildman–Crippen MR) is 108 cm³/mol. The molecule has 0 radical (unpaired) electrons. The Hall–Kier alpha value is -3.67. The topological polar surface area (TPSA) is 64.7 Å². The standard InChI is InChI=1S/C22H21N5O/c1-16-13-20(24-26(16)2)22(28)23-14-18-15-27(19-11-7-4-8-12-19)25-21(18)17-9-5-3-6-10-17/h3-13,15H,14H2,1-2H3,(H,23,28). The van der Waals surface area contributed by atoms with Crippen LogP contribution < -0.4 is 5.32 Å². The summed E-state index contributed by atoms with van der Waals surface area (Å²) in [5.74, 6) is -0.199. The van der Waals surface area contributed by atoms with E-state index < -0.39 is 0 Å². The molecule has 28 heavy (non-hydrogen) atoms. The lowest BCUT2D eigenvalue weighted by Crippen LogP contribution is -2.23. The number of nitrogens with one attached hydrogen (secondary N) is 1. The van der Waals surface area contributed by atoms with Crippen molar-refractivity contribution in [1.29, 1.82) is 0 Å². The molecule has 6 heteroatoms. The van der Waals surface area contributed by atoms with Crippen LogP contribution in [0.2, 0.25) is 0 Å². The van der Waals surface area contributed by atoms with E-state index in [1.807, 2.05) is 85.5 Å². The van der Waals surface area contributed by atoms with E-state index in [0.717, 1.165) is 28.2 Å². The van der Waals surface area contributed by atoms with E-state index in [2.05, 4.69) is 10.4 Å². The third kappa shape index (κ3) is 3.57. The van der Waals surface area contributed by atoms with Crippen molar-refractivity contribution in [3.8, 4) is 16.9 Å². The van der Waals surface area contributed by atoms with Crippen molar-refractivity contribution >= 4 is 5.91 Å². The Bertz CT molecular complexity index is 1080. The van der Waals surface area contributed by atoms with Gasteiger partial charge in [-0.05, 0) is 25.1 Å². The van der Waals surface area contributed by atoms with Crippen LogP contribution >= 0.6 is 0 Å². The number of amides is 1. The van der Waals surface area contributed by atoms with Crippen molar-refractivity contribution in [3.05, 3.63) is 89.9 Å². The van der Waals surface area contributed by atoms with Crippen molar-refractivity contribution < 1.29 is 4.79 Å². The van der Waals surface area contributed by atoms with Crippen LogP contribution in [0.1, 0.15) is 21.7 Å². The first-order valence-corrected chi connectivity index (χ1v) is 9.10. The molecule has 0 unspecified atom stereocenters. The lowest BCUT2D eigenvalue weighted by Gasteiger charge is -2.04. The maximum atomic E-state index is 12.5. The first kappa shape index (κ1) is 17.7. The van der Waals surface area contributed by atoms with Crippen molar-refractivity contribution in [1.82, 2.24) is 24.9 Å². The Balaban J connectivity index is 1.63. The zero-order valence-corrected chi connectivity index (χ0v) is 15.8. The second-order valence-electron chi connectivity index (χ2n) is 6.63. The number of aryl methyl sites for hydroxylation is 2. The van der Waals surface area contributed by atoms with Crippen LogP contribution in [-0.2, 0) is 13.6 Å². The maximum Gasteiger partial charge on any atom is 0.272 e. The minimum atomic E-state index is -0.199. The van der Waals surface area contributed by atoms with E-state index in [1.165, 1.54) is 0 Å². The fourth-order valence-corrected chi connectivity index (χ4v) is 3.03. The third-order valence-corrected chi connectivity index (χ3v) is 4.64. The molecule has 0 aliphatic heterocycles. The lowest BCUT2D eigenvalue weighted by molar-refractivity contribution is 0.0945. The van der Waals surface area contributed by atoms with Gasteiger partial charge < -0.3 is 5.32 Å². The van der Waals surface area contributed by atoms with E-state index in [4.69, 9.17) is 5.10 Å². The molecule has 0 aliphatic rings. The average Bonchev–Trinajstić information content (AvgIpc) is 3.31. The van der Waals surface area contributed by atoms with Gasteiger partial charge >= 0.3 is 0 Å². The molecule has 0 saturated carbocycles. The fourth-order valence-electron chi connectivity index (χ4n) is 3.03. The normalized spacial score (nSPS) is 10.8. The molecule has 0 spiro atoms. The van der Waals surface area contributed by atoms with E-state index >= 15 is 0 Å². The fraction of sp³-hybridized carbons (Fsp3) is 0.136. The molecule has 140 valence electrons. The van der Waals surface area contributed by atoms with Gasteiger partial charge in [-0.25, -0.2) is 4.68 Å². The first-order chi connectivity index (χ1) is 13.6. The van der Waals surface area contributed by atoms with Crippen LogP contribution in [-0.4, -0.2) is 25.5 Å². The molecule has 0 atom stereocenters. The highest BCUT2D eigenvalue weighted by Gasteiger charge is 2.15. The Labute approximate surface area is 163 Å². The van der Waals surface area contributed by atoms with E-state index in [0.29, 0.717) is 12.2 Å². The van der Waals surface area contributed by atoms with Crippen molar-refractivity contribution in [3.63, 3.8) is 0 Å². The minimum absolute atomic E-state index is 0.199. The molecular formula is C22H21N5O. The van der Waals surface area contributed by atoms with Crippen molar-refractivity contribution in [2.45, 2.75) is 13.5 Å². The SMILES string of the molecule is Cc1cc(C(=O)NCc2cn(-c3ccccc3)nc2-c2ccccc2)nn1C. The molecule has 1 amide bonds. The summed E-state index contributed by atoms with van der Waals surface area (Å²) in [7, 11) is 1.82. The molecule has 4 aromatic rings. The molecule has 6 nitrogen and oxygen atoms in total. The van der Waals surface area contributed by atoms with Crippen LogP contribution in [0.4, 0.5) is 0 Å². The molecule has 0 fully saturated rings. The summed E-state index contributed by atoms with van der Waals surface area (Å²) in [5.41, 5.74) is 5.12. The lowest BCUT2D eigenvalue weighted by atomic mass is 10.1. The molecule has 1 N–H and O–H groups in total. The molecule has 0 bridgehead atoms. The number of benzene rings is 2. The highest BCUT2D eigenvalue weighted by atomic mass is 16.1. The maximum absolute atomic E-state index is 12.5. The van der Waals surface area contributed by atoms with Crippen molar-refractivity contribution in [2.24, 2.45) is 7.05 Å². The highest BCUT2D eigenvalue weighted by Crippen LogP contribution is 2.23. The second-order valence-corrected chi connectivity index (χ2v) is 6.63. The van der Waals surface area contributed by atoms with Gasteiger partial charge in [0.25, 0.3) is 5.91 Å².